The summed E-state index contributed by atoms with van der Waals surface area (Å²) >= 11 is 0. The number of alkyl halides is 3. The molecule has 0 aromatic rings. The average Bonchev–Trinajstić information content (AvgIpc) is 2.52. The van der Waals surface area contributed by atoms with Crippen LogP contribution in [0.3, 0.4) is 0 Å². The van der Waals surface area contributed by atoms with E-state index in [4.69, 9.17) is 5.26 Å². The quantitative estimate of drug-likeness (QED) is 0.752. The molecule has 0 aromatic carbocycles. The van der Waals surface area contributed by atoms with Crippen molar-refractivity contribution in [2.45, 2.75) is 31.5 Å². The maximum absolute atomic E-state index is 12.0. The largest absolute Gasteiger partial charge is 0.490 e. The molecule has 4 nitrogen and oxygen atoms in total. The van der Waals surface area contributed by atoms with E-state index in [1.54, 1.807) is 6.07 Å². The second-order valence-electron chi connectivity index (χ2n) is 3.91. The van der Waals surface area contributed by atoms with Crippen LogP contribution in [-0.2, 0) is 9.53 Å². The average molecular weight is 250 g/mol. The standard InChI is InChI=1S/C10H13F3N2O2/c11-10(12,13)9(16)17-8(5-14)7-3-1-2-4-15-6-7/h7-8,15H,1-4,6H2. The number of halogens is 3. The Morgan fingerprint density at radius 2 is 2.18 bits per heavy atom. The molecule has 2 atom stereocenters. The number of carbonyl (C=O) groups excluding carboxylic acids is 1. The van der Waals surface area contributed by atoms with Gasteiger partial charge in [0.05, 0.1) is 0 Å². The molecule has 2 unspecified atom stereocenters. The molecule has 0 amide bonds. The number of nitrogens with zero attached hydrogens (tertiary/aromatic N) is 1. The van der Waals surface area contributed by atoms with Gasteiger partial charge in [-0.15, -0.1) is 0 Å². The molecule has 1 fully saturated rings. The molecular weight excluding hydrogens is 237 g/mol. The van der Waals surface area contributed by atoms with Crippen LogP contribution in [0.25, 0.3) is 0 Å². The van der Waals surface area contributed by atoms with Crippen LogP contribution in [0, 0.1) is 17.2 Å². The molecule has 1 heterocycles. The van der Waals surface area contributed by atoms with Gasteiger partial charge in [0, 0.05) is 12.5 Å². The highest BCUT2D eigenvalue weighted by atomic mass is 19.4. The third-order valence-corrected chi connectivity index (χ3v) is 2.61. The molecule has 1 saturated heterocycles. The zero-order chi connectivity index (χ0) is 12.9. The molecule has 0 radical (unpaired) electrons. The molecular formula is C10H13F3N2O2. The molecule has 0 saturated carbocycles. The third-order valence-electron chi connectivity index (χ3n) is 2.61. The minimum Gasteiger partial charge on any atom is -0.440 e. The lowest BCUT2D eigenvalue weighted by Crippen LogP contribution is -2.36. The lowest BCUT2D eigenvalue weighted by atomic mass is 9.98. The number of ether oxygens (including phenoxy) is 1. The summed E-state index contributed by atoms with van der Waals surface area (Å²) in [6.45, 7) is 1.16. The molecule has 0 bridgehead atoms. The van der Waals surface area contributed by atoms with E-state index in [-0.39, 0.29) is 5.92 Å². The van der Waals surface area contributed by atoms with Gasteiger partial charge in [0.2, 0.25) is 0 Å². The number of nitriles is 1. The number of hydrogen-bond donors (Lipinski definition) is 1. The van der Waals surface area contributed by atoms with Crippen molar-refractivity contribution >= 4 is 5.97 Å². The first-order valence-corrected chi connectivity index (χ1v) is 5.33. The molecule has 7 heteroatoms. The number of hydrogen-bond acceptors (Lipinski definition) is 4. The maximum Gasteiger partial charge on any atom is 0.490 e. The lowest BCUT2D eigenvalue weighted by molar-refractivity contribution is -0.204. The van der Waals surface area contributed by atoms with Crippen LogP contribution >= 0.6 is 0 Å². The molecule has 1 rings (SSSR count). The van der Waals surface area contributed by atoms with Gasteiger partial charge >= 0.3 is 12.1 Å². The van der Waals surface area contributed by atoms with E-state index >= 15 is 0 Å². The Morgan fingerprint density at radius 3 is 2.76 bits per heavy atom. The number of esters is 1. The first kappa shape index (κ1) is 13.8. The molecule has 0 aliphatic carbocycles. The van der Waals surface area contributed by atoms with Crippen LogP contribution in [-0.4, -0.2) is 31.3 Å². The minimum atomic E-state index is -5.05. The van der Waals surface area contributed by atoms with Crippen molar-refractivity contribution in [1.29, 1.82) is 5.26 Å². The molecule has 1 aliphatic heterocycles. The molecule has 17 heavy (non-hydrogen) atoms. The second kappa shape index (κ2) is 5.87. The van der Waals surface area contributed by atoms with Crippen LogP contribution in [0.4, 0.5) is 13.2 Å². The fourth-order valence-corrected chi connectivity index (χ4v) is 1.71. The maximum atomic E-state index is 12.0. The van der Waals surface area contributed by atoms with Crippen molar-refractivity contribution in [2.24, 2.45) is 5.92 Å². The predicted molar refractivity (Wildman–Crippen MR) is 51.8 cm³/mol. The zero-order valence-electron chi connectivity index (χ0n) is 9.09. The van der Waals surface area contributed by atoms with Gasteiger partial charge in [0.25, 0.3) is 0 Å². The van der Waals surface area contributed by atoms with Crippen LogP contribution < -0.4 is 5.32 Å². The van der Waals surface area contributed by atoms with Crippen LogP contribution in [0.2, 0.25) is 0 Å². The SMILES string of the molecule is N#CC(OC(=O)C(F)(F)F)C1CCCCNC1. The van der Waals surface area contributed by atoms with E-state index in [2.05, 4.69) is 10.1 Å². The molecule has 1 aliphatic rings. The Labute approximate surface area is 96.7 Å². The molecule has 1 N–H and O–H groups in total. The van der Waals surface area contributed by atoms with E-state index in [0.717, 1.165) is 19.4 Å². The Hall–Kier alpha value is -1.29. The van der Waals surface area contributed by atoms with Gasteiger partial charge in [0.1, 0.15) is 6.07 Å². The van der Waals surface area contributed by atoms with Gasteiger partial charge in [-0.25, -0.2) is 4.79 Å². The van der Waals surface area contributed by atoms with Gasteiger partial charge in [0.15, 0.2) is 6.10 Å². The number of rotatable bonds is 2. The minimum absolute atomic E-state index is 0.381. The monoisotopic (exact) mass is 250 g/mol. The van der Waals surface area contributed by atoms with Crippen molar-refractivity contribution in [3.63, 3.8) is 0 Å². The summed E-state index contributed by atoms with van der Waals surface area (Å²) in [5, 5.41) is 11.8. The number of carbonyl (C=O) groups is 1. The summed E-state index contributed by atoms with van der Waals surface area (Å²) in [5.74, 6) is -2.68. The van der Waals surface area contributed by atoms with Crippen LogP contribution in [0.15, 0.2) is 0 Å². The van der Waals surface area contributed by atoms with Gasteiger partial charge < -0.3 is 10.1 Å². The topological polar surface area (TPSA) is 62.1 Å². The van der Waals surface area contributed by atoms with Crippen LogP contribution in [0.5, 0.6) is 0 Å². The van der Waals surface area contributed by atoms with Crippen LogP contribution in [0.1, 0.15) is 19.3 Å². The van der Waals surface area contributed by atoms with Crippen molar-refractivity contribution in [3.05, 3.63) is 0 Å². The van der Waals surface area contributed by atoms with Gasteiger partial charge in [-0.1, -0.05) is 6.42 Å². The van der Waals surface area contributed by atoms with E-state index in [9.17, 15) is 18.0 Å². The van der Waals surface area contributed by atoms with E-state index in [1.807, 2.05) is 0 Å². The van der Waals surface area contributed by atoms with E-state index < -0.39 is 18.2 Å². The normalized spacial score (nSPS) is 23.3. The fraction of sp³-hybridized carbons (Fsp3) is 0.800. The summed E-state index contributed by atoms with van der Waals surface area (Å²) < 4.78 is 40.2. The van der Waals surface area contributed by atoms with Crippen molar-refractivity contribution in [2.75, 3.05) is 13.1 Å². The van der Waals surface area contributed by atoms with Gasteiger partial charge in [-0.05, 0) is 19.4 Å². The zero-order valence-corrected chi connectivity index (χ0v) is 9.09. The first-order chi connectivity index (χ1) is 7.95. The van der Waals surface area contributed by atoms with Gasteiger partial charge in [-0.3, -0.25) is 0 Å². The summed E-state index contributed by atoms with van der Waals surface area (Å²) in [6.07, 6.45) is -4.10. The highest BCUT2D eigenvalue weighted by molar-refractivity contribution is 5.76. The summed E-state index contributed by atoms with van der Waals surface area (Å²) in [7, 11) is 0. The first-order valence-electron chi connectivity index (χ1n) is 5.33. The number of nitrogens with one attached hydrogen (secondary N) is 1. The van der Waals surface area contributed by atoms with Crippen molar-refractivity contribution in [3.8, 4) is 6.07 Å². The summed E-state index contributed by atoms with van der Waals surface area (Å²) in [6, 6.07) is 1.62. The second-order valence-corrected chi connectivity index (χ2v) is 3.91. The Kier molecular flexibility index (Phi) is 4.75. The highest BCUT2D eigenvalue weighted by Gasteiger charge is 2.43. The van der Waals surface area contributed by atoms with E-state index in [0.29, 0.717) is 13.0 Å². The van der Waals surface area contributed by atoms with Gasteiger partial charge in [-0.2, -0.15) is 18.4 Å². The molecule has 0 aromatic heterocycles. The molecule has 96 valence electrons. The fourth-order valence-electron chi connectivity index (χ4n) is 1.71. The lowest BCUT2D eigenvalue weighted by Gasteiger charge is -2.20. The third kappa shape index (κ3) is 4.23. The Bertz CT molecular complexity index is 304. The predicted octanol–water partition coefficient (Wildman–Crippen LogP) is 1.37. The highest BCUT2D eigenvalue weighted by Crippen LogP contribution is 2.22. The van der Waals surface area contributed by atoms with Crippen molar-refractivity contribution in [1.82, 2.24) is 5.32 Å². The Morgan fingerprint density at radius 1 is 1.47 bits per heavy atom. The smallest absolute Gasteiger partial charge is 0.440 e. The van der Waals surface area contributed by atoms with E-state index in [1.165, 1.54) is 0 Å². The van der Waals surface area contributed by atoms with Crippen molar-refractivity contribution < 1.29 is 22.7 Å². The Balaban J connectivity index is 2.59. The molecule has 0 spiro atoms. The summed E-state index contributed by atoms with van der Waals surface area (Å²) in [5.41, 5.74) is 0. The summed E-state index contributed by atoms with van der Waals surface area (Å²) in [4.78, 5) is 10.6.